The second kappa shape index (κ2) is 26.0. The summed E-state index contributed by atoms with van der Waals surface area (Å²) in [5, 5.41) is 3.74. The summed E-state index contributed by atoms with van der Waals surface area (Å²) in [5.41, 5.74) is -1.88. The Morgan fingerprint density at radius 3 is 2.05 bits per heavy atom. The second-order valence-corrected chi connectivity index (χ2v) is 27.8. The summed E-state index contributed by atoms with van der Waals surface area (Å²) in [6, 6.07) is 26.0. The Labute approximate surface area is 474 Å². The molecule has 3 aliphatic heterocycles. The van der Waals surface area contributed by atoms with Gasteiger partial charge in [-0.05, 0) is 156 Å². The predicted molar refractivity (Wildman–Crippen MR) is 308 cm³/mol. The van der Waals surface area contributed by atoms with E-state index in [9.17, 15) is 39.6 Å². The molecule has 4 aromatic rings. The molecule has 0 unspecified atom stereocenters. The number of likely N-dealkylation sites (tertiary alicyclic amines) is 1. The lowest BCUT2D eigenvalue weighted by Gasteiger charge is -2.44. The molecule has 3 heterocycles. The number of ether oxygens (including phenoxy) is 1. The number of anilines is 2. The first-order valence-electron chi connectivity index (χ1n) is 27.4. The number of carbonyl (C=O) groups excluding carboxylic acids is 2. The van der Waals surface area contributed by atoms with Crippen molar-refractivity contribution in [3.63, 3.8) is 0 Å². The van der Waals surface area contributed by atoms with Gasteiger partial charge < -0.3 is 24.8 Å². The number of rotatable bonds is 18. The highest BCUT2D eigenvalue weighted by Crippen LogP contribution is 2.44. The van der Waals surface area contributed by atoms with Crippen molar-refractivity contribution >= 4 is 72.2 Å². The van der Waals surface area contributed by atoms with Gasteiger partial charge in [0.25, 0.3) is 25.8 Å². The van der Waals surface area contributed by atoms with Gasteiger partial charge >= 0.3 is 11.6 Å². The maximum Gasteiger partial charge on any atom is 0.501 e. The van der Waals surface area contributed by atoms with Crippen LogP contribution in [0.5, 0.6) is 0 Å². The number of sulfone groups is 1. The average molecular weight is 1170 g/mol. The molecule has 3 saturated heterocycles. The van der Waals surface area contributed by atoms with E-state index < -0.39 is 52.7 Å². The Bertz CT molecular complexity index is 2980. The molecule has 2 atom stereocenters. The van der Waals surface area contributed by atoms with Crippen molar-refractivity contribution in [3.8, 4) is 0 Å². The number of sulfonamides is 1. The van der Waals surface area contributed by atoms with Gasteiger partial charge in [0.1, 0.15) is 10.5 Å². The van der Waals surface area contributed by atoms with Crippen LogP contribution >= 0.6 is 23.4 Å². The molecule has 0 bridgehead atoms. The van der Waals surface area contributed by atoms with E-state index >= 15 is 0 Å². The molecule has 1 aliphatic carbocycles. The number of carbonyl (C=O) groups is 2. The number of nitrogens with zero attached hydrogens (tertiary/aromatic N) is 5. The van der Waals surface area contributed by atoms with E-state index in [2.05, 4.69) is 44.0 Å². The number of alkyl halides is 3. The van der Waals surface area contributed by atoms with Crippen LogP contribution in [0.1, 0.15) is 95.0 Å². The van der Waals surface area contributed by atoms with E-state index in [-0.39, 0.29) is 22.8 Å². The number of thioether (sulfide) groups is 1. The predicted octanol–water partition coefficient (Wildman–Crippen LogP) is 10.9. The minimum Gasteiger partial charge on any atom is -0.444 e. The van der Waals surface area contributed by atoms with Crippen LogP contribution in [0.2, 0.25) is 5.02 Å². The lowest BCUT2D eigenvalue weighted by atomic mass is 9.71. The Morgan fingerprint density at radius 1 is 0.772 bits per heavy atom. The van der Waals surface area contributed by atoms with Crippen molar-refractivity contribution in [1.82, 2.24) is 24.3 Å². The number of nitrogens with one attached hydrogen (secondary N) is 2. The third kappa shape index (κ3) is 16.4. The molecule has 4 aliphatic rings. The van der Waals surface area contributed by atoms with Gasteiger partial charge in [0.15, 0.2) is 0 Å². The molecule has 0 aromatic heterocycles. The lowest BCUT2D eigenvalue weighted by Crippen LogP contribution is -2.52. The third-order valence-electron chi connectivity index (χ3n) is 15.3. The molecule has 79 heavy (non-hydrogen) atoms. The molecule has 2 N–H and O–H groups in total. The fraction of sp³-hybridized carbons (Fsp3) is 0.517. The first-order chi connectivity index (χ1) is 37.4. The summed E-state index contributed by atoms with van der Waals surface area (Å²) in [4.78, 5) is 36.4. The Hall–Kier alpha value is -4.83. The van der Waals surface area contributed by atoms with Crippen LogP contribution in [-0.2, 0) is 24.6 Å². The molecule has 430 valence electrons. The van der Waals surface area contributed by atoms with Gasteiger partial charge in [-0.15, -0.1) is 11.8 Å². The monoisotopic (exact) mass is 1170 g/mol. The van der Waals surface area contributed by atoms with Crippen molar-refractivity contribution in [2.75, 3.05) is 101 Å². The number of hydrogen-bond acceptors (Lipinski definition) is 13. The van der Waals surface area contributed by atoms with Gasteiger partial charge in [0.2, 0.25) is 0 Å². The highest BCUT2D eigenvalue weighted by atomic mass is 35.5. The molecule has 0 saturated carbocycles. The molecular weight excluding hydrogens is 1100 g/mol. The van der Waals surface area contributed by atoms with Crippen LogP contribution in [0.4, 0.5) is 29.3 Å². The Balaban J connectivity index is 0.902. The molecule has 2 amide bonds. The largest absolute Gasteiger partial charge is 0.501 e. The number of hydrogen-bond donors (Lipinski definition) is 2. The average Bonchev–Trinajstić information content (AvgIpc) is 3.79. The Kier molecular flexibility index (Phi) is 19.8. The fourth-order valence-corrected chi connectivity index (χ4v) is 14.2. The molecule has 14 nitrogen and oxygen atoms in total. The molecular formula is C58H75ClF3N7O7S3. The van der Waals surface area contributed by atoms with E-state index in [1.165, 1.54) is 40.6 Å². The molecule has 3 fully saturated rings. The highest BCUT2D eigenvalue weighted by molar-refractivity contribution is 7.99. The third-order valence-corrected chi connectivity index (χ3v) is 19.6. The highest BCUT2D eigenvalue weighted by Gasteiger charge is 2.49. The molecule has 4 aromatic carbocycles. The van der Waals surface area contributed by atoms with Gasteiger partial charge in [0, 0.05) is 105 Å². The SMILES string of the molecule is CC(C)(C)OC(=O)N1CCN(C[C@]2(C)CCC(c3ccc(Cl)cc3)=C(CN3CCN(c4ccc(C(=O)NS(=O)(=O)c5ccc(N[C@H](CCN6CCCCCC6)CSc6ccccc6)c(S(=O)(=O)C(F)(F)F)c5)cc4)CC3)C2)CC1. The van der Waals surface area contributed by atoms with Crippen molar-refractivity contribution in [3.05, 3.63) is 119 Å². The number of allylic oxidation sites excluding steroid dienone is 1. The van der Waals surface area contributed by atoms with Crippen molar-refractivity contribution in [2.24, 2.45) is 5.41 Å². The van der Waals surface area contributed by atoms with Gasteiger partial charge in [-0.25, -0.2) is 26.4 Å². The summed E-state index contributed by atoms with van der Waals surface area (Å²) < 4.78 is 104. The van der Waals surface area contributed by atoms with Crippen molar-refractivity contribution in [2.45, 2.75) is 111 Å². The fourth-order valence-electron chi connectivity index (χ4n) is 11.0. The number of benzene rings is 4. The number of halogens is 4. The maximum atomic E-state index is 14.3. The summed E-state index contributed by atoms with van der Waals surface area (Å²) in [5.74, 6) is -0.640. The van der Waals surface area contributed by atoms with Crippen LogP contribution in [0.25, 0.3) is 5.57 Å². The van der Waals surface area contributed by atoms with E-state index in [0.717, 1.165) is 120 Å². The quantitative estimate of drug-likeness (QED) is 0.0910. The van der Waals surface area contributed by atoms with E-state index in [0.29, 0.717) is 56.0 Å². The van der Waals surface area contributed by atoms with Crippen molar-refractivity contribution in [1.29, 1.82) is 0 Å². The number of amides is 2. The zero-order valence-corrected chi connectivity index (χ0v) is 48.9. The zero-order chi connectivity index (χ0) is 56.6. The molecule has 8 rings (SSSR count). The molecule has 0 radical (unpaired) electrons. The minimum atomic E-state index is -6.07. The van der Waals surface area contributed by atoms with Crippen LogP contribution in [0.3, 0.4) is 0 Å². The maximum absolute atomic E-state index is 14.3. The zero-order valence-electron chi connectivity index (χ0n) is 45.7. The van der Waals surface area contributed by atoms with Crippen LogP contribution < -0.4 is 14.9 Å². The standard InChI is InChI=1S/C58H75ClF3N7O7S3/c1-56(2,3)76-55(71)69-36-32-67(33-37-69)42-57(4)26-24-51(43-14-18-46(59)19-15-43)45(39-57)40-66-30-34-68(35-31-66)48-20-16-44(17-21-48)54(70)64-79(74,75)50-22-23-52(53(38-50)78(72,73)58(60,61)62)63-47(41-77-49-12-8-7-9-13-49)25-29-65-27-10-5-6-11-28-65/h7-9,12-23,38,47,63H,5-6,10-11,24-37,39-42H2,1-4H3,(H,64,70)/t47-,57-/m1/s1. The number of piperazine rings is 2. The van der Waals surface area contributed by atoms with Crippen LogP contribution in [0, 0.1) is 5.41 Å². The van der Waals surface area contributed by atoms with Crippen LogP contribution in [0.15, 0.2) is 117 Å². The summed E-state index contributed by atoms with van der Waals surface area (Å²) in [6.45, 7) is 17.9. The van der Waals surface area contributed by atoms with E-state index in [1.54, 1.807) is 17.0 Å². The summed E-state index contributed by atoms with van der Waals surface area (Å²) in [7, 11) is -10.9. The van der Waals surface area contributed by atoms with Gasteiger partial charge in [-0.2, -0.15) is 13.2 Å². The molecule has 0 spiro atoms. The summed E-state index contributed by atoms with van der Waals surface area (Å²) in [6.07, 6.45) is 7.45. The second-order valence-electron chi connectivity index (χ2n) is 22.7. The van der Waals surface area contributed by atoms with Gasteiger partial charge in [-0.3, -0.25) is 14.6 Å². The van der Waals surface area contributed by atoms with E-state index in [1.807, 2.05) is 68.0 Å². The lowest BCUT2D eigenvalue weighted by molar-refractivity contribution is -0.0436. The molecule has 21 heteroatoms. The normalized spacial score (nSPS) is 20.2. The topological polar surface area (TPSA) is 152 Å². The van der Waals surface area contributed by atoms with Crippen molar-refractivity contribution < 1.29 is 44.3 Å². The van der Waals surface area contributed by atoms with E-state index in [4.69, 9.17) is 16.3 Å². The first-order valence-corrected chi connectivity index (χ1v) is 31.7. The van der Waals surface area contributed by atoms with Gasteiger partial charge in [0.05, 0.1) is 10.6 Å². The minimum absolute atomic E-state index is 0.0116. The first kappa shape index (κ1) is 60.3. The van der Waals surface area contributed by atoms with Gasteiger partial charge in [-0.1, -0.05) is 67.3 Å². The Morgan fingerprint density at radius 2 is 1.42 bits per heavy atom. The van der Waals surface area contributed by atoms with Crippen LogP contribution in [-0.4, -0.2) is 156 Å². The summed E-state index contributed by atoms with van der Waals surface area (Å²) >= 11 is 7.80. The smallest absolute Gasteiger partial charge is 0.444 e.